The van der Waals surface area contributed by atoms with Crippen LogP contribution in [0.2, 0.25) is 5.02 Å². The first-order valence-corrected chi connectivity index (χ1v) is 9.40. The Morgan fingerprint density at radius 3 is 2.68 bits per heavy atom. The summed E-state index contributed by atoms with van der Waals surface area (Å²) in [6, 6.07) is 4.15. The van der Waals surface area contributed by atoms with Gasteiger partial charge in [0.15, 0.2) is 0 Å². The SMILES string of the molecule is CN1CCCCC1Cn1c(Cc2c(F)cccc2Cl)nn(CC(F)(F)F)c1=O. The van der Waals surface area contributed by atoms with Crippen LogP contribution in [-0.2, 0) is 19.5 Å². The monoisotopic (exact) mass is 420 g/mol. The first-order chi connectivity index (χ1) is 13.2. The summed E-state index contributed by atoms with van der Waals surface area (Å²) in [5.41, 5.74) is -0.745. The van der Waals surface area contributed by atoms with Gasteiger partial charge in [-0.2, -0.15) is 18.3 Å². The van der Waals surface area contributed by atoms with Gasteiger partial charge in [0.05, 0.1) is 0 Å². The van der Waals surface area contributed by atoms with Crippen LogP contribution in [0.5, 0.6) is 0 Å². The summed E-state index contributed by atoms with van der Waals surface area (Å²) in [6.45, 7) is -0.434. The fourth-order valence-corrected chi connectivity index (χ4v) is 3.75. The Labute approximate surface area is 164 Å². The quantitative estimate of drug-likeness (QED) is 0.696. The van der Waals surface area contributed by atoms with Gasteiger partial charge in [-0.1, -0.05) is 24.1 Å². The van der Waals surface area contributed by atoms with E-state index in [2.05, 4.69) is 10.00 Å². The Morgan fingerprint density at radius 2 is 2.04 bits per heavy atom. The largest absolute Gasteiger partial charge is 0.408 e. The summed E-state index contributed by atoms with van der Waals surface area (Å²) < 4.78 is 54.3. The highest BCUT2D eigenvalue weighted by Crippen LogP contribution is 2.23. The van der Waals surface area contributed by atoms with Crippen LogP contribution in [0.15, 0.2) is 23.0 Å². The number of hydrogen-bond donors (Lipinski definition) is 0. The molecule has 0 aliphatic carbocycles. The molecule has 28 heavy (non-hydrogen) atoms. The molecule has 2 heterocycles. The van der Waals surface area contributed by atoms with Crippen LogP contribution in [0.1, 0.15) is 30.7 Å². The fourth-order valence-electron chi connectivity index (χ4n) is 3.52. The van der Waals surface area contributed by atoms with Crippen molar-refractivity contribution in [1.82, 2.24) is 19.2 Å². The number of halogens is 5. The Hall–Kier alpha value is -1.87. The lowest BCUT2D eigenvalue weighted by Crippen LogP contribution is -2.42. The average molecular weight is 421 g/mol. The summed E-state index contributed by atoms with van der Waals surface area (Å²) in [6.07, 6.45) is -1.91. The molecule has 0 N–H and O–H groups in total. The predicted octanol–water partition coefficient (Wildman–Crippen LogP) is 3.47. The molecule has 0 bridgehead atoms. The molecule has 1 saturated heterocycles. The van der Waals surface area contributed by atoms with E-state index in [1.807, 2.05) is 7.05 Å². The van der Waals surface area contributed by atoms with Gasteiger partial charge in [0.25, 0.3) is 0 Å². The third kappa shape index (κ3) is 4.75. The number of rotatable bonds is 5. The summed E-state index contributed by atoms with van der Waals surface area (Å²) in [4.78, 5) is 14.7. The Morgan fingerprint density at radius 1 is 1.29 bits per heavy atom. The number of likely N-dealkylation sites (N-methyl/N-ethyl adjacent to an activating group) is 1. The number of hydrogen-bond acceptors (Lipinski definition) is 3. The van der Waals surface area contributed by atoms with Crippen LogP contribution >= 0.6 is 11.6 Å². The van der Waals surface area contributed by atoms with Gasteiger partial charge in [-0.25, -0.2) is 13.9 Å². The lowest BCUT2D eigenvalue weighted by molar-refractivity contribution is -0.143. The van der Waals surface area contributed by atoms with Crippen molar-refractivity contribution in [3.8, 4) is 0 Å². The number of likely N-dealkylation sites (tertiary alicyclic amines) is 1. The average Bonchev–Trinajstić information content (AvgIpc) is 2.87. The third-order valence-corrected chi connectivity index (χ3v) is 5.39. The predicted molar refractivity (Wildman–Crippen MR) is 97.0 cm³/mol. The molecule has 2 aromatic rings. The summed E-state index contributed by atoms with van der Waals surface area (Å²) in [5.74, 6) is -0.521. The minimum atomic E-state index is -4.59. The van der Waals surface area contributed by atoms with Gasteiger partial charge in [-0.3, -0.25) is 4.57 Å². The molecule has 0 radical (unpaired) electrons. The van der Waals surface area contributed by atoms with E-state index < -0.39 is 24.2 Å². The van der Waals surface area contributed by atoms with E-state index in [4.69, 9.17) is 11.6 Å². The third-order valence-electron chi connectivity index (χ3n) is 5.04. The van der Waals surface area contributed by atoms with Gasteiger partial charge in [0.2, 0.25) is 0 Å². The van der Waals surface area contributed by atoms with E-state index in [1.165, 1.54) is 22.8 Å². The number of alkyl halides is 3. The Bertz CT molecular complexity index is 872. The lowest BCUT2D eigenvalue weighted by Gasteiger charge is -2.32. The fraction of sp³-hybridized carbons (Fsp3) is 0.556. The molecule has 1 aromatic heterocycles. The molecule has 1 unspecified atom stereocenters. The molecule has 1 aromatic carbocycles. The molecule has 10 heteroatoms. The highest BCUT2D eigenvalue weighted by Gasteiger charge is 2.32. The molecule has 0 spiro atoms. The van der Waals surface area contributed by atoms with Crippen molar-refractivity contribution < 1.29 is 17.6 Å². The smallest absolute Gasteiger partial charge is 0.302 e. The minimum Gasteiger partial charge on any atom is -0.302 e. The van der Waals surface area contributed by atoms with E-state index in [0.717, 1.165) is 25.8 Å². The number of piperidine rings is 1. The molecule has 1 atom stereocenters. The van der Waals surface area contributed by atoms with Gasteiger partial charge < -0.3 is 4.90 Å². The van der Waals surface area contributed by atoms with Crippen LogP contribution in [0.4, 0.5) is 17.6 Å². The molecule has 1 fully saturated rings. The Balaban J connectivity index is 1.99. The maximum atomic E-state index is 14.2. The highest BCUT2D eigenvalue weighted by atomic mass is 35.5. The van der Waals surface area contributed by atoms with Crippen molar-refractivity contribution in [3.63, 3.8) is 0 Å². The van der Waals surface area contributed by atoms with Crippen molar-refractivity contribution in [1.29, 1.82) is 0 Å². The van der Waals surface area contributed by atoms with Crippen molar-refractivity contribution >= 4 is 11.6 Å². The van der Waals surface area contributed by atoms with Crippen molar-refractivity contribution in [2.45, 2.75) is 51.0 Å². The van der Waals surface area contributed by atoms with E-state index in [9.17, 15) is 22.4 Å². The second-order valence-electron chi connectivity index (χ2n) is 7.09. The number of aromatic nitrogens is 3. The van der Waals surface area contributed by atoms with Gasteiger partial charge in [-0.05, 0) is 38.6 Å². The second-order valence-corrected chi connectivity index (χ2v) is 7.50. The van der Waals surface area contributed by atoms with Gasteiger partial charge >= 0.3 is 11.9 Å². The molecular formula is C18H21ClF4N4O. The molecule has 0 saturated carbocycles. The standard InChI is InChI=1S/C18H21ClF4N4O/c1-25-8-3-2-5-12(25)10-26-16(9-13-14(19)6-4-7-15(13)20)24-27(17(26)28)11-18(21,22)23/h4,6-7,12H,2-3,5,8-11H2,1H3. The lowest BCUT2D eigenvalue weighted by atomic mass is 10.0. The zero-order valence-corrected chi connectivity index (χ0v) is 16.1. The van der Waals surface area contributed by atoms with Crippen LogP contribution < -0.4 is 5.69 Å². The summed E-state index contributed by atoms with van der Waals surface area (Å²) in [7, 11) is 1.92. The van der Waals surface area contributed by atoms with E-state index in [1.54, 1.807) is 0 Å². The first kappa shape index (κ1) is 20.9. The van der Waals surface area contributed by atoms with Crippen molar-refractivity contribution in [2.75, 3.05) is 13.6 Å². The van der Waals surface area contributed by atoms with Crippen LogP contribution in [-0.4, -0.2) is 45.1 Å². The zero-order chi connectivity index (χ0) is 20.5. The first-order valence-electron chi connectivity index (χ1n) is 9.02. The molecule has 154 valence electrons. The van der Waals surface area contributed by atoms with Crippen LogP contribution in [0.25, 0.3) is 0 Å². The molecule has 1 aliphatic heterocycles. The maximum Gasteiger partial charge on any atom is 0.408 e. The summed E-state index contributed by atoms with van der Waals surface area (Å²) >= 11 is 6.05. The Kier molecular flexibility index (Phi) is 6.14. The highest BCUT2D eigenvalue weighted by molar-refractivity contribution is 6.31. The normalized spacial score (nSPS) is 18.6. The van der Waals surface area contributed by atoms with E-state index >= 15 is 0 Å². The maximum absolute atomic E-state index is 14.2. The van der Waals surface area contributed by atoms with Gasteiger partial charge in [-0.15, -0.1) is 0 Å². The van der Waals surface area contributed by atoms with Gasteiger partial charge in [0, 0.05) is 29.6 Å². The number of nitrogens with zero attached hydrogens (tertiary/aromatic N) is 4. The summed E-state index contributed by atoms with van der Waals surface area (Å²) in [5, 5.41) is 4.00. The minimum absolute atomic E-state index is 0.00447. The van der Waals surface area contributed by atoms with Gasteiger partial charge in [0.1, 0.15) is 18.2 Å². The molecular weight excluding hydrogens is 400 g/mol. The second kappa shape index (κ2) is 8.24. The molecule has 0 amide bonds. The van der Waals surface area contributed by atoms with Crippen LogP contribution in [0, 0.1) is 5.82 Å². The number of benzene rings is 1. The molecule has 1 aliphatic rings. The topological polar surface area (TPSA) is 43.1 Å². The van der Waals surface area contributed by atoms with E-state index in [-0.39, 0.29) is 35.4 Å². The molecule has 3 rings (SSSR count). The van der Waals surface area contributed by atoms with Crippen molar-refractivity contribution in [2.24, 2.45) is 0 Å². The van der Waals surface area contributed by atoms with Crippen molar-refractivity contribution in [3.05, 3.63) is 50.9 Å². The van der Waals surface area contributed by atoms with Crippen LogP contribution in [0.3, 0.4) is 0 Å². The molecule has 5 nitrogen and oxygen atoms in total. The zero-order valence-electron chi connectivity index (χ0n) is 15.3. The van der Waals surface area contributed by atoms with E-state index in [0.29, 0.717) is 4.68 Å².